The highest BCUT2D eigenvalue weighted by atomic mass is 32.2. The minimum absolute atomic E-state index is 0.657. The zero-order valence-electron chi connectivity index (χ0n) is 11.1. The van der Waals surface area contributed by atoms with Crippen molar-refractivity contribution in [3.05, 3.63) is 36.2 Å². The molecule has 0 bridgehead atoms. The third-order valence-electron chi connectivity index (χ3n) is 2.62. The summed E-state index contributed by atoms with van der Waals surface area (Å²) in [5.41, 5.74) is 1.20. The third kappa shape index (κ3) is 3.97. The van der Waals surface area contributed by atoms with Crippen LogP contribution in [0.2, 0.25) is 0 Å². The average Bonchev–Trinajstić information content (AvgIpc) is 2.90. The summed E-state index contributed by atoms with van der Waals surface area (Å²) in [7, 11) is 3.36. The molecule has 1 aromatic heterocycles. The van der Waals surface area contributed by atoms with Crippen molar-refractivity contribution >= 4 is 11.8 Å². The maximum Gasteiger partial charge on any atom is 0.191 e. The van der Waals surface area contributed by atoms with Crippen LogP contribution in [0.3, 0.4) is 0 Å². The quantitative estimate of drug-likeness (QED) is 0.727. The molecule has 2 rings (SSSR count). The number of hydrogen-bond donors (Lipinski definition) is 0. The highest BCUT2D eigenvalue weighted by Crippen LogP contribution is 2.22. The predicted molar refractivity (Wildman–Crippen MR) is 74.5 cm³/mol. The van der Waals surface area contributed by atoms with Crippen LogP contribution in [-0.4, -0.2) is 35.6 Å². The second-order valence-corrected chi connectivity index (χ2v) is 4.88. The fraction of sp³-hybridized carbons (Fsp3) is 0.385. The van der Waals surface area contributed by atoms with Crippen LogP contribution in [0.25, 0.3) is 0 Å². The van der Waals surface area contributed by atoms with Crippen LogP contribution in [0.1, 0.15) is 5.56 Å². The van der Waals surface area contributed by atoms with Crippen LogP contribution in [0.15, 0.2) is 35.7 Å². The summed E-state index contributed by atoms with van der Waals surface area (Å²) < 4.78 is 12.3. The van der Waals surface area contributed by atoms with Gasteiger partial charge >= 0.3 is 0 Å². The molecule has 0 aliphatic rings. The van der Waals surface area contributed by atoms with Gasteiger partial charge in [0.15, 0.2) is 5.16 Å². The van der Waals surface area contributed by atoms with Crippen LogP contribution in [-0.2, 0) is 17.0 Å². The van der Waals surface area contributed by atoms with Crippen molar-refractivity contribution in [2.45, 2.75) is 17.5 Å². The maximum atomic E-state index is 5.21. The Morgan fingerprint density at radius 2 is 2.21 bits per heavy atom. The van der Waals surface area contributed by atoms with Crippen LogP contribution in [0, 0.1) is 0 Å². The lowest BCUT2D eigenvalue weighted by molar-refractivity contribution is 0.184. The fourth-order valence-electron chi connectivity index (χ4n) is 1.61. The Labute approximate surface area is 116 Å². The highest BCUT2D eigenvalue weighted by Gasteiger charge is 2.05. The lowest BCUT2D eigenvalue weighted by Gasteiger charge is -2.06. The number of nitrogens with zero attached hydrogens (tertiary/aromatic N) is 3. The van der Waals surface area contributed by atoms with Gasteiger partial charge in [-0.05, 0) is 17.7 Å². The molecular formula is C13H17N3O2S. The molecule has 0 saturated carbocycles. The molecule has 102 valence electrons. The Hall–Kier alpha value is -1.53. The number of ether oxygens (including phenoxy) is 2. The summed E-state index contributed by atoms with van der Waals surface area (Å²) in [6, 6.07) is 8.04. The Morgan fingerprint density at radius 1 is 1.32 bits per heavy atom. The van der Waals surface area contributed by atoms with Crippen molar-refractivity contribution in [1.29, 1.82) is 0 Å². The number of aromatic nitrogens is 3. The smallest absolute Gasteiger partial charge is 0.191 e. The highest BCUT2D eigenvalue weighted by molar-refractivity contribution is 7.98. The van der Waals surface area contributed by atoms with Gasteiger partial charge in [-0.3, -0.25) is 0 Å². The Morgan fingerprint density at radius 3 is 3.00 bits per heavy atom. The third-order valence-corrected chi connectivity index (χ3v) is 3.67. The van der Waals surface area contributed by atoms with E-state index in [4.69, 9.17) is 9.47 Å². The second-order valence-electron chi connectivity index (χ2n) is 3.94. The molecular weight excluding hydrogens is 262 g/mol. The van der Waals surface area contributed by atoms with E-state index in [0.717, 1.165) is 23.2 Å². The van der Waals surface area contributed by atoms with Crippen molar-refractivity contribution in [1.82, 2.24) is 14.8 Å². The topological polar surface area (TPSA) is 49.2 Å². The van der Waals surface area contributed by atoms with Crippen molar-refractivity contribution < 1.29 is 9.47 Å². The SMILES string of the molecule is COCCn1cnnc1SCc1cccc(OC)c1. The van der Waals surface area contributed by atoms with Crippen LogP contribution >= 0.6 is 11.8 Å². The molecule has 0 aliphatic heterocycles. The molecule has 0 unspecified atom stereocenters. The number of rotatable bonds is 7. The maximum absolute atomic E-state index is 5.21. The van der Waals surface area contributed by atoms with Gasteiger partial charge in [0.05, 0.1) is 13.7 Å². The molecule has 5 nitrogen and oxygen atoms in total. The van der Waals surface area contributed by atoms with Gasteiger partial charge in [0.2, 0.25) is 0 Å². The van der Waals surface area contributed by atoms with E-state index in [9.17, 15) is 0 Å². The second kappa shape index (κ2) is 7.16. The molecule has 0 saturated heterocycles. The first kappa shape index (κ1) is 13.9. The zero-order chi connectivity index (χ0) is 13.5. The Bertz CT molecular complexity index is 516. The summed E-state index contributed by atoms with van der Waals surface area (Å²) in [5, 5.41) is 8.95. The number of methoxy groups -OCH3 is 2. The van der Waals surface area contributed by atoms with E-state index in [0.29, 0.717) is 6.61 Å². The summed E-state index contributed by atoms with van der Waals surface area (Å²) in [6.07, 6.45) is 1.73. The minimum Gasteiger partial charge on any atom is -0.497 e. The average molecular weight is 279 g/mol. The van der Waals surface area contributed by atoms with Gasteiger partial charge in [0, 0.05) is 19.4 Å². The monoisotopic (exact) mass is 279 g/mol. The van der Waals surface area contributed by atoms with Gasteiger partial charge in [-0.2, -0.15) is 0 Å². The van der Waals surface area contributed by atoms with Gasteiger partial charge < -0.3 is 14.0 Å². The van der Waals surface area contributed by atoms with Gasteiger partial charge in [0.1, 0.15) is 12.1 Å². The number of hydrogen-bond acceptors (Lipinski definition) is 5. The lowest BCUT2D eigenvalue weighted by atomic mass is 10.2. The predicted octanol–water partition coefficient (Wildman–Crippen LogP) is 2.23. The van der Waals surface area contributed by atoms with Gasteiger partial charge in [-0.1, -0.05) is 23.9 Å². The summed E-state index contributed by atoms with van der Waals surface area (Å²) in [4.78, 5) is 0. The summed E-state index contributed by atoms with van der Waals surface area (Å²) in [6.45, 7) is 1.43. The van der Waals surface area contributed by atoms with E-state index in [1.807, 2.05) is 22.8 Å². The first-order valence-corrected chi connectivity index (χ1v) is 6.94. The molecule has 0 atom stereocenters. The molecule has 0 fully saturated rings. The van der Waals surface area contributed by atoms with Crippen LogP contribution < -0.4 is 4.74 Å². The molecule has 19 heavy (non-hydrogen) atoms. The van der Waals surface area contributed by atoms with Crippen LogP contribution in [0.4, 0.5) is 0 Å². The number of benzene rings is 1. The summed E-state index contributed by atoms with van der Waals surface area (Å²) in [5.74, 6) is 1.71. The van der Waals surface area contributed by atoms with E-state index < -0.39 is 0 Å². The lowest BCUT2D eigenvalue weighted by Crippen LogP contribution is -2.04. The first-order valence-electron chi connectivity index (χ1n) is 5.96. The molecule has 0 N–H and O–H groups in total. The molecule has 1 aromatic carbocycles. The molecule has 0 spiro atoms. The Balaban J connectivity index is 1.96. The minimum atomic E-state index is 0.657. The molecule has 6 heteroatoms. The molecule has 1 heterocycles. The van der Waals surface area contributed by atoms with E-state index >= 15 is 0 Å². The van der Waals surface area contributed by atoms with Crippen LogP contribution in [0.5, 0.6) is 5.75 Å². The molecule has 0 amide bonds. The van der Waals surface area contributed by atoms with Gasteiger partial charge in [-0.25, -0.2) is 0 Å². The van der Waals surface area contributed by atoms with E-state index in [-0.39, 0.29) is 0 Å². The van der Waals surface area contributed by atoms with Gasteiger partial charge in [0.25, 0.3) is 0 Å². The largest absolute Gasteiger partial charge is 0.497 e. The normalized spacial score (nSPS) is 10.6. The van der Waals surface area contributed by atoms with E-state index in [1.54, 1.807) is 32.3 Å². The van der Waals surface area contributed by atoms with Crippen molar-refractivity contribution in [3.8, 4) is 5.75 Å². The summed E-state index contributed by atoms with van der Waals surface area (Å²) >= 11 is 1.65. The van der Waals surface area contributed by atoms with E-state index in [2.05, 4.69) is 16.3 Å². The van der Waals surface area contributed by atoms with Crippen molar-refractivity contribution in [3.63, 3.8) is 0 Å². The Kier molecular flexibility index (Phi) is 5.23. The molecule has 2 aromatic rings. The zero-order valence-corrected chi connectivity index (χ0v) is 11.9. The van der Waals surface area contributed by atoms with Gasteiger partial charge in [-0.15, -0.1) is 10.2 Å². The molecule has 0 radical (unpaired) electrons. The number of thioether (sulfide) groups is 1. The molecule has 0 aliphatic carbocycles. The fourth-order valence-corrected chi connectivity index (χ4v) is 2.49. The van der Waals surface area contributed by atoms with Crippen molar-refractivity contribution in [2.24, 2.45) is 0 Å². The van der Waals surface area contributed by atoms with E-state index in [1.165, 1.54) is 5.56 Å². The first-order chi connectivity index (χ1) is 9.33. The van der Waals surface area contributed by atoms with Crippen molar-refractivity contribution in [2.75, 3.05) is 20.8 Å². The standard InChI is InChI=1S/C13H17N3O2S/c1-17-7-6-16-10-14-15-13(16)19-9-11-4-3-5-12(8-11)18-2/h3-5,8,10H,6-7,9H2,1-2H3.